The number of carbonyl (C=O) groups is 2. The van der Waals surface area contributed by atoms with E-state index in [9.17, 15) is 18.0 Å². The Morgan fingerprint density at radius 1 is 1.00 bits per heavy atom. The number of nitrogens with one attached hydrogen (secondary N) is 1. The van der Waals surface area contributed by atoms with Crippen LogP contribution in [-0.2, 0) is 26.2 Å². The SMILES string of the molecule is CCC(C(=O)NC1CCCC1)N(Cc1cccc(OC)c1)C(=O)CN(c1cc(Cl)ccc1OC)S(=O)(=O)c1ccc(C)cc1. The summed E-state index contributed by atoms with van der Waals surface area (Å²) in [6, 6.07) is 17.4. The summed E-state index contributed by atoms with van der Waals surface area (Å²) in [6.45, 7) is 3.17. The van der Waals surface area contributed by atoms with Crippen LogP contribution in [0.2, 0.25) is 5.02 Å². The summed E-state index contributed by atoms with van der Waals surface area (Å²) in [5.74, 6) is 0.0109. The van der Waals surface area contributed by atoms with Crippen LogP contribution in [0.25, 0.3) is 0 Å². The summed E-state index contributed by atoms with van der Waals surface area (Å²) in [4.78, 5) is 29.5. The Morgan fingerprint density at radius 2 is 1.70 bits per heavy atom. The zero-order valence-electron chi connectivity index (χ0n) is 25.6. The van der Waals surface area contributed by atoms with Crippen molar-refractivity contribution in [3.63, 3.8) is 0 Å². The van der Waals surface area contributed by atoms with E-state index < -0.39 is 28.5 Å². The van der Waals surface area contributed by atoms with Crippen molar-refractivity contribution in [3.05, 3.63) is 82.9 Å². The maximum Gasteiger partial charge on any atom is 0.264 e. The number of sulfonamides is 1. The maximum absolute atomic E-state index is 14.4. The van der Waals surface area contributed by atoms with Crippen molar-refractivity contribution in [2.24, 2.45) is 0 Å². The largest absolute Gasteiger partial charge is 0.497 e. The standard InChI is InChI=1S/C33H40ClN3O6S/c1-5-29(33(39)35-26-10-6-7-11-26)36(21-24-9-8-12-27(19-24)42-3)32(38)22-37(30-20-25(34)15-18-31(30)43-4)44(40,41)28-16-13-23(2)14-17-28/h8-9,12-20,26,29H,5-7,10-11,21-22H2,1-4H3,(H,35,39). The van der Waals surface area contributed by atoms with Gasteiger partial charge in [0.15, 0.2) is 0 Å². The van der Waals surface area contributed by atoms with Crippen molar-refractivity contribution < 1.29 is 27.5 Å². The molecule has 1 aliphatic carbocycles. The van der Waals surface area contributed by atoms with Crippen molar-refractivity contribution in [1.82, 2.24) is 10.2 Å². The van der Waals surface area contributed by atoms with E-state index in [-0.39, 0.29) is 39.8 Å². The van der Waals surface area contributed by atoms with Gasteiger partial charge in [-0.1, -0.05) is 61.2 Å². The van der Waals surface area contributed by atoms with Crippen molar-refractivity contribution >= 4 is 39.1 Å². The molecule has 0 spiro atoms. The third kappa shape index (κ3) is 7.84. The number of anilines is 1. The highest BCUT2D eigenvalue weighted by atomic mass is 35.5. The van der Waals surface area contributed by atoms with Crippen LogP contribution in [0.15, 0.2) is 71.6 Å². The first kappa shape index (κ1) is 33.1. The van der Waals surface area contributed by atoms with Crippen LogP contribution in [0, 0.1) is 6.92 Å². The Hall–Kier alpha value is -3.76. The summed E-state index contributed by atoms with van der Waals surface area (Å²) in [5.41, 5.74) is 1.73. The van der Waals surface area contributed by atoms with E-state index in [1.54, 1.807) is 49.6 Å². The summed E-state index contributed by atoms with van der Waals surface area (Å²) in [7, 11) is -1.31. The molecule has 0 saturated heterocycles. The average molecular weight is 642 g/mol. The average Bonchev–Trinajstić information content (AvgIpc) is 3.53. The van der Waals surface area contributed by atoms with Crippen molar-refractivity contribution in [1.29, 1.82) is 0 Å². The second kappa shape index (κ2) is 14.8. The van der Waals surface area contributed by atoms with Crippen LogP contribution in [0.4, 0.5) is 5.69 Å². The maximum atomic E-state index is 14.4. The van der Waals surface area contributed by atoms with Crippen LogP contribution in [0.5, 0.6) is 11.5 Å². The molecule has 1 atom stereocenters. The van der Waals surface area contributed by atoms with E-state index in [2.05, 4.69) is 5.32 Å². The molecular formula is C33H40ClN3O6S. The number of hydrogen-bond acceptors (Lipinski definition) is 6. The molecule has 0 heterocycles. The fourth-order valence-electron chi connectivity index (χ4n) is 5.46. The molecule has 1 N–H and O–H groups in total. The molecule has 0 bridgehead atoms. The number of rotatable bonds is 13. The van der Waals surface area contributed by atoms with Crippen molar-refractivity contribution in [3.8, 4) is 11.5 Å². The van der Waals surface area contributed by atoms with Crippen molar-refractivity contribution in [2.75, 3.05) is 25.1 Å². The Morgan fingerprint density at radius 3 is 2.34 bits per heavy atom. The molecule has 2 amide bonds. The van der Waals surface area contributed by atoms with Crippen LogP contribution in [-0.4, -0.2) is 58.0 Å². The topological polar surface area (TPSA) is 105 Å². The van der Waals surface area contributed by atoms with Gasteiger partial charge in [-0.05, 0) is 74.2 Å². The second-order valence-electron chi connectivity index (χ2n) is 10.9. The molecule has 1 unspecified atom stereocenters. The first-order valence-electron chi connectivity index (χ1n) is 14.7. The normalized spacial score (nSPS) is 14.1. The Bertz CT molecular complexity index is 1560. The van der Waals surface area contributed by atoms with Gasteiger partial charge >= 0.3 is 0 Å². The molecule has 9 nitrogen and oxygen atoms in total. The Balaban J connectivity index is 1.77. The molecule has 236 valence electrons. The van der Waals surface area contributed by atoms with Gasteiger partial charge in [0.2, 0.25) is 11.8 Å². The molecule has 0 radical (unpaired) electrons. The van der Waals surface area contributed by atoms with Crippen LogP contribution >= 0.6 is 11.6 Å². The number of amides is 2. The molecule has 1 aliphatic rings. The highest BCUT2D eigenvalue weighted by molar-refractivity contribution is 7.92. The molecule has 1 saturated carbocycles. The molecule has 11 heteroatoms. The number of ether oxygens (including phenoxy) is 2. The lowest BCUT2D eigenvalue weighted by Crippen LogP contribution is -2.53. The Kier molecular flexibility index (Phi) is 11.2. The summed E-state index contributed by atoms with van der Waals surface area (Å²) in [5, 5.41) is 3.39. The number of benzene rings is 3. The van der Waals surface area contributed by atoms with E-state index in [1.807, 2.05) is 19.9 Å². The van der Waals surface area contributed by atoms with Gasteiger partial charge < -0.3 is 19.7 Å². The highest BCUT2D eigenvalue weighted by Crippen LogP contribution is 2.35. The van der Waals surface area contributed by atoms with E-state index in [1.165, 1.54) is 30.2 Å². The van der Waals surface area contributed by atoms with Gasteiger partial charge in [0, 0.05) is 17.6 Å². The van der Waals surface area contributed by atoms with Gasteiger partial charge in [-0.3, -0.25) is 13.9 Å². The molecule has 3 aromatic rings. The van der Waals surface area contributed by atoms with Gasteiger partial charge in [0.25, 0.3) is 10.0 Å². The van der Waals surface area contributed by atoms with Gasteiger partial charge in [0.05, 0.1) is 24.8 Å². The molecular weight excluding hydrogens is 602 g/mol. The fourth-order valence-corrected chi connectivity index (χ4v) is 7.05. The minimum atomic E-state index is -4.28. The van der Waals surface area contributed by atoms with Crippen LogP contribution < -0.4 is 19.1 Å². The lowest BCUT2D eigenvalue weighted by Gasteiger charge is -2.34. The van der Waals surface area contributed by atoms with E-state index >= 15 is 0 Å². The van der Waals surface area contributed by atoms with E-state index in [4.69, 9.17) is 21.1 Å². The predicted molar refractivity (Wildman–Crippen MR) is 172 cm³/mol. The van der Waals surface area contributed by atoms with Gasteiger partial charge in [-0.2, -0.15) is 0 Å². The Labute approximate surface area is 265 Å². The van der Waals surface area contributed by atoms with Gasteiger partial charge in [0.1, 0.15) is 24.1 Å². The minimum Gasteiger partial charge on any atom is -0.497 e. The zero-order chi connectivity index (χ0) is 31.9. The zero-order valence-corrected chi connectivity index (χ0v) is 27.2. The van der Waals surface area contributed by atoms with E-state index in [0.717, 1.165) is 41.1 Å². The smallest absolute Gasteiger partial charge is 0.264 e. The number of aryl methyl sites for hydroxylation is 1. The predicted octanol–water partition coefficient (Wildman–Crippen LogP) is 5.73. The number of nitrogens with zero attached hydrogens (tertiary/aromatic N) is 2. The number of methoxy groups -OCH3 is 2. The third-order valence-electron chi connectivity index (χ3n) is 7.87. The van der Waals surface area contributed by atoms with Crippen LogP contribution in [0.3, 0.4) is 0 Å². The van der Waals surface area contributed by atoms with E-state index in [0.29, 0.717) is 12.2 Å². The quantitative estimate of drug-likeness (QED) is 0.256. The molecule has 3 aromatic carbocycles. The highest BCUT2D eigenvalue weighted by Gasteiger charge is 2.35. The first-order valence-corrected chi connectivity index (χ1v) is 16.5. The number of halogens is 1. The summed E-state index contributed by atoms with van der Waals surface area (Å²) in [6.07, 6.45) is 4.20. The monoisotopic (exact) mass is 641 g/mol. The molecule has 4 rings (SSSR count). The molecule has 0 aromatic heterocycles. The number of carbonyl (C=O) groups excluding carboxylic acids is 2. The van der Waals surface area contributed by atoms with Crippen molar-refractivity contribution in [2.45, 2.75) is 69.5 Å². The number of hydrogen-bond donors (Lipinski definition) is 1. The van der Waals surface area contributed by atoms with Crippen LogP contribution in [0.1, 0.15) is 50.2 Å². The summed E-state index contributed by atoms with van der Waals surface area (Å²) >= 11 is 6.33. The summed E-state index contributed by atoms with van der Waals surface area (Å²) < 4.78 is 40.3. The second-order valence-corrected chi connectivity index (χ2v) is 13.2. The molecule has 0 aliphatic heterocycles. The molecule has 1 fully saturated rings. The van der Waals surface area contributed by atoms with Gasteiger partial charge in [-0.15, -0.1) is 0 Å². The van der Waals surface area contributed by atoms with Gasteiger partial charge in [-0.25, -0.2) is 8.42 Å². The lowest BCUT2D eigenvalue weighted by atomic mass is 10.1. The fraction of sp³-hybridized carbons (Fsp3) is 0.394. The lowest BCUT2D eigenvalue weighted by molar-refractivity contribution is -0.140. The third-order valence-corrected chi connectivity index (χ3v) is 9.88. The first-order chi connectivity index (χ1) is 21.1. The molecule has 44 heavy (non-hydrogen) atoms. The minimum absolute atomic E-state index is 0.00305.